The smallest absolute Gasteiger partial charge is 0.231 e. The van der Waals surface area contributed by atoms with Crippen LogP contribution < -0.4 is 9.47 Å². The molecule has 0 saturated carbocycles. The number of nitrogens with zero attached hydrogens (tertiary/aromatic N) is 1. The number of carbonyl (C=O) groups excluding carboxylic acids is 1. The fourth-order valence-corrected chi connectivity index (χ4v) is 3.04. The molecule has 1 aliphatic rings. The molecule has 0 spiro atoms. The van der Waals surface area contributed by atoms with E-state index in [9.17, 15) is 4.79 Å². The summed E-state index contributed by atoms with van der Waals surface area (Å²) in [6.45, 7) is 1.30. The van der Waals surface area contributed by atoms with Gasteiger partial charge in [-0.2, -0.15) is 0 Å². The predicted octanol–water partition coefficient (Wildman–Crippen LogP) is 3.21. The molecular formula is C19H18N2O3. The van der Waals surface area contributed by atoms with E-state index in [0.29, 0.717) is 13.1 Å². The molecule has 0 radical (unpaired) electrons. The second kappa shape index (κ2) is 6.02. The van der Waals surface area contributed by atoms with Crippen LogP contribution in [-0.4, -0.2) is 36.1 Å². The topological polar surface area (TPSA) is 54.6 Å². The third kappa shape index (κ3) is 2.74. The van der Waals surface area contributed by atoms with Crippen molar-refractivity contribution in [2.24, 2.45) is 0 Å². The highest BCUT2D eigenvalue weighted by atomic mass is 16.7. The van der Waals surface area contributed by atoms with E-state index in [4.69, 9.17) is 9.47 Å². The Morgan fingerprint density at radius 3 is 2.92 bits per heavy atom. The van der Waals surface area contributed by atoms with Gasteiger partial charge in [-0.15, -0.1) is 0 Å². The normalized spacial score (nSPS) is 12.9. The molecule has 0 unspecified atom stereocenters. The number of ketones is 1. The van der Waals surface area contributed by atoms with Gasteiger partial charge in [0.15, 0.2) is 17.3 Å². The van der Waals surface area contributed by atoms with Crippen LogP contribution in [0.2, 0.25) is 0 Å². The number of hydrogen-bond donors (Lipinski definition) is 1. The van der Waals surface area contributed by atoms with Crippen LogP contribution in [0, 0.1) is 0 Å². The van der Waals surface area contributed by atoms with Gasteiger partial charge in [-0.25, -0.2) is 0 Å². The fourth-order valence-electron chi connectivity index (χ4n) is 3.04. The molecule has 1 N–H and O–H groups in total. The van der Waals surface area contributed by atoms with Gasteiger partial charge < -0.3 is 14.5 Å². The molecule has 2 heterocycles. The lowest BCUT2D eigenvalue weighted by Gasteiger charge is -2.16. The first-order chi connectivity index (χ1) is 11.7. The lowest BCUT2D eigenvalue weighted by atomic mass is 10.1. The number of likely N-dealkylation sites (N-methyl/N-ethyl adjacent to an activating group) is 1. The number of aromatic nitrogens is 1. The number of carbonyl (C=O) groups is 1. The van der Waals surface area contributed by atoms with Crippen LogP contribution in [0.1, 0.15) is 15.9 Å². The van der Waals surface area contributed by atoms with E-state index >= 15 is 0 Å². The minimum atomic E-state index is 0.107. The zero-order chi connectivity index (χ0) is 16.5. The quantitative estimate of drug-likeness (QED) is 0.733. The maximum Gasteiger partial charge on any atom is 0.231 e. The first kappa shape index (κ1) is 14.8. The number of Topliss-reactive ketones (excluding diaryl/α,β-unsaturated/α-hetero) is 1. The standard InChI is InChI=1S/C19H18N2O3/c1-21(10-13-6-7-18-19(8-13)24-12-23-18)11-17(22)15-9-20-16-5-3-2-4-14(15)16/h2-9,20H,10-12H2,1H3. The van der Waals surface area contributed by atoms with Crippen LogP contribution in [0.4, 0.5) is 0 Å². The Labute approximate surface area is 139 Å². The number of para-hydroxylation sites is 1. The maximum absolute atomic E-state index is 12.6. The Hall–Kier alpha value is -2.79. The van der Waals surface area contributed by atoms with Crippen molar-refractivity contribution in [2.75, 3.05) is 20.4 Å². The van der Waals surface area contributed by atoms with Crippen molar-refractivity contribution in [1.82, 2.24) is 9.88 Å². The summed E-state index contributed by atoms with van der Waals surface area (Å²) in [5.41, 5.74) is 2.82. The van der Waals surface area contributed by atoms with Crippen molar-refractivity contribution < 1.29 is 14.3 Å². The highest BCUT2D eigenvalue weighted by molar-refractivity contribution is 6.08. The van der Waals surface area contributed by atoms with Crippen molar-refractivity contribution in [3.63, 3.8) is 0 Å². The van der Waals surface area contributed by atoms with Crippen LogP contribution in [0.15, 0.2) is 48.7 Å². The largest absolute Gasteiger partial charge is 0.454 e. The SMILES string of the molecule is CN(CC(=O)c1c[nH]c2ccccc12)Cc1ccc2c(c1)OCO2. The van der Waals surface area contributed by atoms with Gasteiger partial charge in [0.1, 0.15) is 0 Å². The van der Waals surface area contributed by atoms with Crippen LogP contribution in [0.25, 0.3) is 10.9 Å². The Morgan fingerprint density at radius 1 is 1.17 bits per heavy atom. The maximum atomic E-state index is 12.6. The Morgan fingerprint density at radius 2 is 2.00 bits per heavy atom. The summed E-state index contributed by atoms with van der Waals surface area (Å²) < 4.78 is 10.7. The molecule has 2 aromatic carbocycles. The highest BCUT2D eigenvalue weighted by Gasteiger charge is 2.16. The van der Waals surface area contributed by atoms with Crippen LogP contribution in [0.5, 0.6) is 11.5 Å². The summed E-state index contributed by atoms with van der Waals surface area (Å²) in [5, 5.41) is 0.971. The van der Waals surface area contributed by atoms with Gasteiger partial charge in [0.25, 0.3) is 0 Å². The number of ether oxygens (including phenoxy) is 2. The van der Waals surface area contributed by atoms with E-state index < -0.39 is 0 Å². The molecule has 5 nitrogen and oxygen atoms in total. The molecule has 0 saturated heterocycles. The van der Waals surface area contributed by atoms with E-state index in [1.54, 1.807) is 6.20 Å². The summed E-state index contributed by atoms with van der Waals surface area (Å²) in [6, 6.07) is 13.7. The number of rotatable bonds is 5. The van der Waals surface area contributed by atoms with E-state index in [-0.39, 0.29) is 12.6 Å². The minimum Gasteiger partial charge on any atom is -0.454 e. The molecule has 1 aliphatic heterocycles. The molecule has 0 atom stereocenters. The fraction of sp³-hybridized carbons (Fsp3) is 0.211. The summed E-state index contributed by atoms with van der Waals surface area (Å²) in [7, 11) is 1.94. The molecular weight excluding hydrogens is 304 g/mol. The van der Waals surface area contributed by atoms with Gasteiger partial charge in [0, 0.05) is 29.2 Å². The molecule has 4 rings (SSSR count). The van der Waals surface area contributed by atoms with E-state index in [2.05, 4.69) is 4.98 Å². The molecule has 1 aromatic heterocycles. The van der Waals surface area contributed by atoms with Crippen LogP contribution >= 0.6 is 0 Å². The first-order valence-electron chi connectivity index (χ1n) is 7.87. The molecule has 5 heteroatoms. The van der Waals surface area contributed by atoms with E-state index in [0.717, 1.165) is 33.5 Å². The minimum absolute atomic E-state index is 0.107. The Bertz CT molecular complexity index is 901. The first-order valence-corrected chi connectivity index (χ1v) is 7.87. The van der Waals surface area contributed by atoms with Gasteiger partial charge in [-0.05, 0) is 30.8 Å². The van der Waals surface area contributed by atoms with Crippen LogP contribution in [-0.2, 0) is 6.54 Å². The molecule has 0 fully saturated rings. The molecule has 0 amide bonds. The van der Waals surface area contributed by atoms with Crippen LogP contribution in [0.3, 0.4) is 0 Å². The van der Waals surface area contributed by atoms with Gasteiger partial charge in [-0.3, -0.25) is 9.69 Å². The van der Waals surface area contributed by atoms with Crippen molar-refractivity contribution in [2.45, 2.75) is 6.54 Å². The number of fused-ring (bicyclic) bond motifs is 2. The third-order valence-electron chi connectivity index (χ3n) is 4.19. The number of nitrogens with one attached hydrogen (secondary N) is 1. The lowest BCUT2D eigenvalue weighted by molar-refractivity contribution is 0.0944. The van der Waals surface area contributed by atoms with Gasteiger partial charge in [-0.1, -0.05) is 24.3 Å². The number of benzene rings is 2. The summed E-state index contributed by atoms with van der Waals surface area (Å²) in [6.07, 6.45) is 1.79. The monoisotopic (exact) mass is 322 g/mol. The summed E-state index contributed by atoms with van der Waals surface area (Å²) >= 11 is 0. The highest BCUT2D eigenvalue weighted by Crippen LogP contribution is 2.32. The molecule has 24 heavy (non-hydrogen) atoms. The van der Waals surface area contributed by atoms with Crippen molar-refractivity contribution >= 4 is 16.7 Å². The zero-order valence-corrected chi connectivity index (χ0v) is 13.4. The van der Waals surface area contributed by atoms with E-state index in [1.807, 2.05) is 54.4 Å². The zero-order valence-electron chi connectivity index (χ0n) is 13.4. The Kier molecular flexibility index (Phi) is 3.70. The average Bonchev–Trinajstić information content (AvgIpc) is 3.20. The average molecular weight is 322 g/mol. The summed E-state index contributed by atoms with van der Waals surface area (Å²) in [5.74, 6) is 1.65. The number of aromatic amines is 1. The number of H-pyrrole nitrogens is 1. The van der Waals surface area contributed by atoms with Gasteiger partial charge in [0.05, 0.1) is 6.54 Å². The summed E-state index contributed by atoms with van der Waals surface area (Å²) in [4.78, 5) is 17.8. The lowest BCUT2D eigenvalue weighted by Crippen LogP contribution is -2.25. The van der Waals surface area contributed by atoms with Crippen molar-refractivity contribution in [3.8, 4) is 11.5 Å². The Balaban J connectivity index is 1.46. The molecule has 122 valence electrons. The van der Waals surface area contributed by atoms with Gasteiger partial charge >= 0.3 is 0 Å². The predicted molar refractivity (Wildman–Crippen MR) is 91.5 cm³/mol. The molecule has 0 bridgehead atoms. The van der Waals surface area contributed by atoms with Crippen molar-refractivity contribution in [1.29, 1.82) is 0 Å². The second-order valence-electron chi connectivity index (χ2n) is 6.03. The second-order valence-corrected chi connectivity index (χ2v) is 6.03. The van der Waals surface area contributed by atoms with Gasteiger partial charge in [0.2, 0.25) is 6.79 Å². The molecule has 0 aliphatic carbocycles. The number of hydrogen-bond acceptors (Lipinski definition) is 4. The van der Waals surface area contributed by atoms with Crippen molar-refractivity contribution in [3.05, 3.63) is 59.8 Å². The molecule has 3 aromatic rings. The third-order valence-corrected chi connectivity index (χ3v) is 4.19. The van der Waals surface area contributed by atoms with E-state index in [1.165, 1.54) is 0 Å².